The SMILES string of the molecule is Cc1ccc(C(=O)c2ccccc2C(=O)NCC2CNC2)cc1C. The summed E-state index contributed by atoms with van der Waals surface area (Å²) in [6, 6.07) is 12.7. The first-order valence-corrected chi connectivity index (χ1v) is 8.26. The number of benzene rings is 2. The van der Waals surface area contributed by atoms with Crippen LogP contribution in [0.15, 0.2) is 42.5 Å². The quantitative estimate of drug-likeness (QED) is 0.832. The van der Waals surface area contributed by atoms with Crippen molar-refractivity contribution in [1.29, 1.82) is 0 Å². The number of hydrogen-bond acceptors (Lipinski definition) is 3. The highest BCUT2D eigenvalue weighted by atomic mass is 16.2. The molecule has 0 saturated carbocycles. The molecule has 24 heavy (non-hydrogen) atoms. The molecule has 3 rings (SSSR count). The molecule has 0 atom stereocenters. The topological polar surface area (TPSA) is 58.2 Å². The molecule has 2 aromatic rings. The molecule has 0 aromatic heterocycles. The lowest BCUT2D eigenvalue weighted by atomic mass is 9.95. The van der Waals surface area contributed by atoms with Gasteiger partial charge in [-0.3, -0.25) is 9.59 Å². The van der Waals surface area contributed by atoms with Crippen molar-refractivity contribution in [1.82, 2.24) is 10.6 Å². The molecule has 1 saturated heterocycles. The van der Waals surface area contributed by atoms with Crippen LogP contribution in [0.2, 0.25) is 0 Å². The molecule has 1 aliphatic rings. The third kappa shape index (κ3) is 3.39. The first-order valence-electron chi connectivity index (χ1n) is 8.26. The highest BCUT2D eigenvalue weighted by Crippen LogP contribution is 2.17. The second-order valence-corrected chi connectivity index (χ2v) is 6.41. The van der Waals surface area contributed by atoms with E-state index in [4.69, 9.17) is 0 Å². The van der Waals surface area contributed by atoms with Gasteiger partial charge in [0.15, 0.2) is 5.78 Å². The molecule has 2 aromatic carbocycles. The molecule has 4 heteroatoms. The summed E-state index contributed by atoms with van der Waals surface area (Å²) in [7, 11) is 0. The van der Waals surface area contributed by atoms with E-state index in [1.807, 2.05) is 32.0 Å². The molecule has 0 aliphatic carbocycles. The molecule has 0 spiro atoms. The normalized spacial score (nSPS) is 14.1. The molecule has 1 fully saturated rings. The van der Waals surface area contributed by atoms with Gasteiger partial charge < -0.3 is 10.6 Å². The average Bonchev–Trinajstić information content (AvgIpc) is 2.55. The van der Waals surface area contributed by atoms with E-state index in [2.05, 4.69) is 10.6 Å². The van der Waals surface area contributed by atoms with Crippen LogP contribution in [-0.4, -0.2) is 31.3 Å². The van der Waals surface area contributed by atoms with Gasteiger partial charge in [-0.15, -0.1) is 0 Å². The fourth-order valence-corrected chi connectivity index (χ4v) is 2.74. The van der Waals surface area contributed by atoms with Crippen molar-refractivity contribution in [2.45, 2.75) is 13.8 Å². The van der Waals surface area contributed by atoms with E-state index in [1.54, 1.807) is 24.3 Å². The number of carbonyl (C=O) groups excluding carboxylic acids is 2. The zero-order valence-electron chi connectivity index (χ0n) is 14.1. The molecule has 0 radical (unpaired) electrons. The van der Waals surface area contributed by atoms with E-state index < -0.39 is 0 Å². The second kappa shape index (κ2) is 6.97. The van der Waals surface area contributed by atoms with Gasteiger partial charge in [-0.2, -0.15) is 0 Å². The Balaban J connectivity index is 1.83. The lowest BCUT2D eigenvalue weighted by molar-refractivity contribution is 0.0932. The number of aryl methyl sites for hydroxylation is 2. The van der Waals surface area contributed by atoms with E-state index >= 15 is 0 Å². The Labute approximate surface area is 142 Å². The second-order valence-electron chi connectivity index (χ2n) is 6.41. The van der Waals surface area contributed by atoms with Crippen molar-refractivity contribution in [3.8, 4) is 0 Å². The van der Waals surface area contributed by atoms with E-state index in [0.29, 0.717) is 29.2 Å². The van der Waals surface area contributed by atoms with Crippen LogP contribution >= 0.6 is 0 Å². The maximum atomic E-state index is 12.9. The lowest BCUT2D eigenvalue weighted by Gasteiger charge is -2.27. The van der Waals surface area contributed by atoms with Gasteiger partial charge in [0.25, 0.3) is 5.91 Å². The summed E-state index contributed by atoms with van der Waals surface area (Å²) in [6.45, 7) is 6.50. The van der Waals surface area contributed by atoms with Crippen LogP contribution in [0.1, 0.15) is 37.4 Å². The predicted molar refractivity (Wildman–Crippen MR) is 94.5 cm³/mol. The minimum absolute atomic E-state index is 0.117. The van der Waals surface area contributed by atoms with Crippen LogP contribution < -0.4 is 10.6 Å². The summed E-state index contributed by atoms with van der Waals surface area (Å²) >= 11 is 0. The highest BCUT2D eigenvalue weighted by Gasteiger charge is 2.21. The maximum Gasteiger partial charge on any atom is 0.252 e. The van der Waals surface area contributed by atoms with Crippen LogP contribution in [0.4, 0.5) is 0 Å². The summed E-state index contributed by atoms with van der Waals surface area (Å²) in [5.74, 6) is 0.181. The Hall–Kier alpha value is -2.46. The summed E-state index contributed by atoms with van der Waals surface area (Å²) in [5.41, 5.74) is 3.71. The molecule has 1 aliphatic heterocycles. The highest BCUT2D eigenvalue weighted by molar-refractivity contribution is 6.15. The van der Waals surface area contributed by atoms with E-state index in [0.717, 1.165) is 24.2 Å². The number of ketones is 1. The van der Waals surface area contributed by atoms with E-state index in [1.165, 1.54) is 0 Å². The van der Waals surface area contributed by atoms with E-state index in [9.17, 15) is 9.59 Å². The Morgan fingerprint density at radius 2 is 1.75 bits per heavy atom. The Kier molecular flexibility index (Phi) is 4.76. The standard InChI is InChI=1S/C20H22N2O2/c1-13-7-8-16(9-14(13)2)19(23)17-5-3-4-6-18(17)20(24)22-12-15-10-21-11-15/h3-9,15,21H,10-12H2,1-2H3,(H,22,24). The van der Waals surface area contributed by atoms with Crippen LogP contribution in [0, 0.1) is 19.8 Å². The fourth-order valence-electron chi connectivity index (χ4n) is 2.74. The van der Waals surface area contributed by atoms with Gasteiger partial charge in [0.2, 0.25) is 0 Å². The average molecular weight is 322 g/mol. The van der Waals surface area contributed by atoms with Crippen LogP contribution in [-0.2, 0) is 0 Å². The number of hydrogen-bond donors (Lipinski definition) is 2. The Morgan fingerprint density at radius 3 is 2.38 bits per heavy atom. The molecule has 1 heterocycles. The molecule has 124 valence electrons. The van der Waals surface area contributed by atoms with Gasteiger partial charge in [-0.05, 0) is 37.1 Å². The monoisotopic (exact) mass is 322 g/mol. The first-order chi connectivity index (χ1) is 11.6. The van der Waals surface area contributed by atoms with Gasteiger partial charge in [0, 0.05) is 36.7 Å². The third-order valence-corrected chi connectivity index (χ3v) is 4.60. The molecule has 1 amide bonds. The van der Waals surface area contributed by atoms with Gasteiger partial charge in [-0.1, -0.05) is 30.3 Å². The first kappa shape index (κ1) is 16.4. The van der Waals surface area contributed by atoms with Crippen molar-refractivity contribution < 1.29 is 9.59 Å². The van der Waals surface area contributed by atoms with Crippen molar-refractivity contribution in [3.05, 3.63) is 70.3 Å². The molecular formula is C20H22N2O2. The summed E-state index contributed by atoms with van der Waals surface area (Å²) in [5, 5.41) is 6.12. The van der Waals surface area contributed by atoms with E-state index in [-0.39, 0.29) is 11.7 Å². The summed E-state index contributed by atoms with van der Waals surface area (Å²) in [4.78, 5) is 25.3. The maximum absolute atomic E-state index is 12.9. The zero-order valence-corrected chi connectivity index (χ0v) is 14.1. The zero-order chi connectivity index (χ0) is 17.1. The van der Waals surface area contributed by atoms with Crippen LogP contribution in [0.25, 0.3) is 0 Å². The number of carbonyl (C=O) groups is 2. The smallest absolute Gasteiger partial charge is 0.252 e. The number of nitrogens with one attached hydrogen (secondary N) is 2. The lowest BCUT2D eigenvalue weighted by Crippen LogP contribution is -2.48. The fraction of sp³-hybridized carbons (Fsp3) is 0.300. The van der Waals surface area contributed by atoms with Crippen molar-refractivity contribution in [3.63, 3.8) is 0 Å². The minimum Gasteiger partial charge on any atom is -0.352 e. The third-order valence-electron chi connectivity index (χ3n) is 4.60. The van der Waals surface area contributed by atoms with Gasteiger partial charge >= 0.3 is 0 Å². The molecule has 0 unspecified atom stereocenters. The predicted octanol–water partition coefficient (Wildman–Crippen LogP) is 2.48. The van der Waals surface area contributed by atoms with Gasteiger partial charge in [0.1, 0.15) is 0 Å². The largest absolute Gasteiger partial charge is 0.352 e. The van der Waals surface area contributed by atoms with Crippen molar-refractivity contribution in [2.75, 3.05) is 19.6 Å². The Morgan fingerprint density at radius 1 is 1.04 bits per heavy atom. The summed E-state index contributed by atoms with van der Waals surface area (Å²) in [6.07, 6.45) is 0. The summed E-state index contributed by atoms with van der Waals surface area (Å²) < 4.78 is 0. The van der Waals surface area contributed by atoms with Gasteiger partial charge in [-0.25, -0.2) is 0 Å². The van der Waals surface area contributed by atoms with Gasteiger partial charge in [0.05, 0.1) is 5.56 Å². The number of rotatable bonds is 5. The van der Waals surface area contributed by atoms with Crippen LogP contribution in [0.3, 0.4) is 0 Å². The minimum atomic E-state index is -0.185. The Bertz CT molecular complexity index is 779. The number of amides is 1. The molecule has 0 bridgehead atoms. The van der Waals surface area contributed by atoms with Crippen molar-refractivity contribution in [2.24, 2.45) is 5.92 Å². The van der Waals surface area contributed by atoms with Crippen molar-refractivity contribution >= 4 is 11.7 Å². The molecule has 2 N–H and O–H groups in total. The molecular weight excluding hydrogens is 300 g/mol. The molecule has 4 nitrogen and oxygen atoms in total. The van der Waals surface area contributed by atoms with Crippen LogP contribution in [0.5, 0.6) is 0 Å².